The first-order valence-electron chi connectivity index (χ1n) is 8.14. The monoisotopic (exact) mass is 388 g/mol. The van der Waals surface area contributed by atoms with E-state index in [2.05, 4.69) is 0 Å². The molecule has 1 saturated heterocycles. The highest BCUT2D eigenvalue weighted by Gasteiger charge is 2.43. The minimum atomic E-state index is -0.925. The summed E-state index contributed by atoms with van der Waals surface area (Å²) in [5, 5.41) is -1.32. The number of anilines is 1. The Hall–Kier alpha value is -2.87. The summed E-state index contributed by atoms with van der Waals surface area (Å²) in [5.41, 5.74) is 1.27. The second-order valence-corrected chi connectivity index (χ2v) is 6.86. The van der Waals surface area contributed by atoms with E-state index >= 15 is 0 Å². The summed E-state index contributed by atoms with van der Waals surface area (Å²) in [4.78, 5) is 39.7. The molecule has 0 aromatic heterocycles. The zero-order chi connectivity index (χ0) is 19.4. The van der Waals surface area contributed by atoms with Crippen molar-refractivity contribution < 1.29 is 23.5 Å². The highest BCUT2D eigenvalue weighted by molar-refractivity contribution is 8.15. The normalized spacial score (nSPS) is 16.5. The molecule has 0 saturated carbocycles. The molecule has 6 nitrogen and oxygen atoms in total. The van der Waals surface area contributed by atoms with Crippen LogP contribution in [0.25, 0.3) is 0 Å². The minimum Gasteiger partial charge on any atom is -0.468 e. The number of carbonyl (C=O) groups is 3. The molecule has 27 heavy (non-hydrogen) atoms. The van der Waals surface area contributed by atoms with Gasteiger partial charge in [0.05, 0.1) is 13.7 Å². The number of thioether (sulfide) groups is 1. The molecule has 3 rings (SSSR count). The van der Waals surface area contributed by atoms with Gasteiger partial charge in [0.1, 0.15) is 12.4 Å². The summed E-state index contributed by atoms with van der Waals surface area (Å²) < 4.78 is 18.0. The van der Waals surface area contributed by atoms with E-state index in [0.29, 0.717) is 5.69 Å². The van der Waals surface area contributed by atoms with Gasteiger partial charge in [0.15, 0.2) is 5.37 Å². The van der Waals surface area contributed by atoms with Gasteiger partial charge in [-0.2, -0.15) is 0 Å². The first-order chi connectivity index (χ1) is 13.0. The second-order valence-electron chi connectivity index (χ2n) is 5.83. The molecule has 1 aliphatic heterocycles. The molecule has 1 fully saturated rings. The zero-order valence-corrected chi connectivity index (χ0v) is 15.3. The maximum Gasteiger partial charge on any atom is 0.325 e. The van der Waals surface area contributed by atoms with Crippen molar-refractivity contribution in [2.75, 3.05) is 18.6 Å². The van der Waals surface area contributed by atoms with Crippen molar-refractivity contribution in [3.63, 3.8) is 0 Å². The van der Waals surface area contributed by atoms with Crippen LogP contribution >= 0.6 is 11.8 Å². The van der Waals surface area contributed by atoms with Crippen LogP contribution in [-0.2, 0) is 20.9 Å². The number of methoxy groups -OCH3 is 1. The lowest BCUT2D eigenvalue weighted by molar-refractivity contribution is -0.139. The second kappa shape index (κ2) is 8.22. The molecule has 1 heterocycles. The quantitative estimate of drug-likeness (QED) is 0.709. The molecule has 1 aliphatic rings. The Labute approximate surface area is 159 Å². The molecule has 2 aromatic carbocycles. The number of amides is 2. The van der Waals surface area contributed by atoms with Crippen molar-refractivity contribution in [3.05, 3.63) is 66.0 Å². The molecular formula is C19H17FN2O4S. The number of nitrogens with zero attached hydrogens (tertiary/aromatic N) is 2. The minimum absolute atomic E-state index is 0.150. The van der Waals surface area contributed by atoms with E-state index in [-0.39, 0.29) is 13.1 Å². The van der Waals surface area contributed by atoms with Crippen LogP contribution in [0.3, 0.4) is 0 Å². The summed E-state index contributed by atoms with van der Waals surface area (Å²) in [6.07, 6.45) is 0. The van der Waals surface area contributed by atoms with Crippen LogP contribution in [0, 0.1) is 5.82 Å². The first-order valence-corrected chi connectivity index (χ1v) is 9.02. The maximum absolute atomic E-state index is 13.3. The Morgan fingerprint density at radius 1 is 1.15 bits per heavy atom. The lowest BCUT2D eigenvalue weighted by Crippen LogP contribution is -2.43. The predicted octanol–water partition coefficient (Wildman–Crippen LogP) is 3.03. The van der Waals surface area contributed by atoms with Crippen molar-refractivity contribution in [3.8, 4) is 0 Å². The van der Waals surface area contributed by atoms with E-state index in [9.17, 15) is 18.8 Å². The number of benzene rings is 2. The van der Waals surface area contributed by atoms with Crippen molar-refractivity contribution in [2.24, 2.45) is 0 Å². The van der Waals surface area contributed by atoms with E-state index < -0.39 is 28.3 Å². The molecule has 0 radical (unpaired) electrons. The summed E-state index contributed by atoms with van der Waals surface area (Å²) >= 11 is 0.822. The van der Waals surface area contributed by atoms with E-state index in [4.69, 9.17) is 4.74 Å². The number of carbonyl (C=O) groups excluding carboxylic acids is 3. The average Bonchev–Trinajstić information content (AvgIpc) is 2.95. The Kier molecular flexibility index (Phi) is 5.75. The van der Waals surface area contributed by atoms with E-state index in [0.717, 1.165) is 22.2 Å². The molecule has 1 unspecified atom stereocenters. The van der Waals surface area contributed by atoms with Gasteiger partial charge < -0.3 is 9.64 Å². The zero-order valence-electron chi connectivity index (χ0n) is 14.5. The van der Waals surface area contributed by atoms with E-state index in [1.165, 1.54) is 36.3 Å². The molecule has 1 atom stereocenters. The third-order valence-electron chi connectivity index (χ3n) is 4.06. The number of rotatable bonds is 6. The van der Waals surface area contributed by atoms with Crippen LogP contribution < -0.4 is 4.90 Å². The average molecular weight is 388 g/mol. The number of hydrogen-bond donors (Lipinski definition) is 0. The molecule has 8 heteroatoms. The van der Waals surface area contributed by atoms with Crippen molar-refractivity contribution in [1.82, 2.24) is 4.90 Å². The molecule has 2 aromatic rings. The van der Waals surface area contributed by atoms with Gasteiger partial charge in [0.25, 0.3) is 11.1 Å². The molecular weight excluding hydrogens is 371 g/mol. The van der Waals surface area contributed by atoms with Gasteiger partial charge in [-0.15, -0.1) is 0 Å². The fourth-order valence-electron chi connectivity index (χ4n) is 2.68. The summed E-state index contributed by atoms with van der Waals surface area (Å²) in [5.74, 6) is -1.44. The maximum atomic E-state index is 13.3. The lowest BCUT2D eigenvalue weighted by atomic mass is 10.2. The van der Waals surface area contributed by atoms with Crippen LogP contribution in [0.1, 0.15) is 5.56 Å². The third-order valence-corrected chi connectivity index (χ3v) is 5.16. The number of halogens is 1. The Morgan fingerprint density at radius 2 is 1.81 bits per heavy atom. The summed E-state index contributed by atoms with van der Waals surface area (Å²) in [6, 6.07) is 14.5. The van der Waals surface area contributed by atoms with Crippen LogP contribution in [0.2, 0.25) is 0 Å². The Morgan fingerprint density at radius 3 is 2.44 bits per heavy atom. The third kappa shape index (κ3) is 4.28. The lowest BCUT2D eigenvalue weighted by Gasteiger charge is -2.27. The first kappa shape index (κ1) is 18.9. The SMILES string of the molecule is COC(=O)CN(c1ccc(F)cc1)C1SC(=O)N(Cc2ccccc2)C1=O. The molecule has 0 N–H and O–H groups in total. The number of hydrogen-bond acceptors (Lipinski definition) is 6. The van der Waals surface area contributed by atoms with Crippen LogP contribution in [0.4, 0.5) is 14.9 Å². The van der Waals surface area contributed by atoms with E-state index in [1.54, 1.807) is 0 Å². The number of ether oxygens (including phenoxy) is 1. The van der Waals surface area contributed by atoms with E-state index in [1.807, 2.05) is 30.3 Å². The largest absolute Gasteiger partial charge is 0.468 e. The summed E-state index contributed by atoms with van der Waals surface area (Å²) in [7, 11) is 1.24. The predicted molar refractivity (Wildman–Crippen MR) is 99.5 cm³/mol. The summed E-state index contributed by atoms with van der Waals surface area (Å²) in [6.45, 7) is -0.0878. The standard InChI is InChI=1S/C19H17FN2O4S/c1-26-16(23)12-21(15-9-7-14(20)8-10-15)18-17(24)22(19(25)27-18)11-13-5-3-2-4-6-13/h2-10,18H,11-12H2,1H3. The van der Waals surface area contributed by atoms with Crippen LogP contribution in [0.5, 0.6) is 0 Å². The number of esters is 1. The van der Waals surface area contributed by atoms with Gasteiger partial charge in [-0.25, -0.2) is 4.39 Å². The fourth-order valence-corrected chi connectivity index (χ4v) is 3.71. The fraction of sp³-hybridized carbons (Fsp3) is 0.211. The van der Waals surface area contributed by atoms with Crippen LogP contribution in [-0.4, -0.2) is 41.0 Å². The molecule has 0 bridgehead atoms. The highest BCUT2D eigenvalue weighted by atomic mass is 32.2. The van der Waals surface area contributed by atoms with Crippen molar-refractivity contribution >= 4 is 34.6 Å². The Balaban J connectivity index is 1.85. The van der Waals surface area contributed by atoms with Gasteiger partial charge in [-0.1, -0.05) is 30.3 Å². The highest BCUT2D eigenvalue weighted by Crippen LogP contribution is 2.33. The molecule has 140 valence electrons. The van der Waals surface area contributed by atoms with Gasteiger partial charge in [-0.3, -0.25) is 19.3 Å². The molecule has 0 spiro atoms. The smallest absolute Gasteiger partial charge is 0.325 e. The molecule has 0 aliphatic carbocycles. The Bertz CT molecular complexity index is 845. The topological polar surface area (TPSA) is 66.9 Å². The van der Waals surface area contributed by atoms with Gasteiger partial charge >= 0.3 is 5.97 Å². The van der Waals surface area contributed by atoms with Gasteiger partial charge in [0.2, 0.25) is 0 Å². The van der Waals surface area contributed by atoms with Gasteiger partial charge in [0, 0.05) is 5.69 Å². The van der Waals surface area contributed by atoms with Crippen molar-refractivity contribution in [2.45, 2.75) is 11.9 Å². The van der Waals surface area contributed by atoms with Crippen molar-refractivity contribution in [1.29, 1.82) is 0 Å². The molecule has 2 amide bonds. The van der Waals surface area contributed by atoms with Gasteiger partial charge in [-0.05, 0) is 41.6 Å². The van der Waals surface area contributed by atoms with Crippen LogP contribution in [0.15, 0.2) is 54.6 Å². The number of imide groups is 1.